The van der Waals surface area contributed by atoms with Gasteiger partial charge >= 0.3 is 5.97 Å². The molecule has 0 saturated heterocycles. The second-order valence-corrected chi connectivity index (χ2v) is 9.60. The zero-order valence-corrected chi connectivity index (χ0v) is 21.8. The van der Waals surface area contributed by atoms with Crippen LogP contribution in [0.25, 0.3) is 22.1 Å². The Kier molecular flexibility index (Phi) is 6.70. The highest BCUT2D eigenvalue weighted by molar-refractivity contribution is 5.90. The fourth-order valence-corrected chi connectivity index (χ4v) is 5.12. The van der Waals surface area contributed by atoms with E-state index >= 15 is 0 Å². The molecule has 5 aromatic rings. The van der Waals surface area contributed by atoms with Crippen LogP contribution in [0.1, 0.15) is 29.0 Å². The predicted molar refractivity (Wildman–Crippen MR) is 150 cm³/mol. The van der Waals surface area contributed by atoms with Crippen molar-refractivity contribution >= 4 is 16.9 Å². The van der Waals surface area contributed by atoms with Gasteiger partial charge in [-0.3, -0.25) is 9.59 Å². The molecule has 0 unspecified atom stereocenters. The van der Waals surface area contributed by atoms with Gasteiger partial charge in [0.2, 0.25) is 5.43 Å². The van der Waals surface area contributed by atoms with Crippen molar-refractivity contribution in [2.24, 2.45) is 0 Å². The molecule has 200 valence electrons. The van der Waals surface area contributed by atoms with Gasteiger partial charge in [0.05, 0.1) is 31.1 Å². The fraction of sp³-hybridized carbons (Fsp3) is 0.152. The minimum atomic E-state index is -0.421. The SMILES string of the molecule is COc1cc([C@H]2CC(=O)Oc3ccc4c(=O)c(-c5ccc(O)cc5)coc4c32)ccc1OCCc1ccccc1. The Balaban J connectivity index is 1.36. The number of phenolic OH excluding ortho intramolecular Hbond substituents is 1. The second kappa shape index (κ2) is 10.6. The number of hydrogen-bond donors (Lipinski definition) is 1. The average molecular weight is 535 g/mol. The predicted octanol–water partition coefficient (Wildman–Crippen LogP) is 6.24. The van der Waals surface area contributed by atoms with Gasteiger partial charge in [-0.2, -0.15) is 0 Å². The molecule has 1 aliphatic heterocycles. The van der Waals surface area contributed by atoms with Crippen LogP contribution in [0.4, 0.5) is 0 Å². The van der Waals surface area contributed by atoms with E-state index in [0.717, 1.165) is 12.0 Å². The van der Waals surface area contributed by atoms with E-state index in [1.807, 2.05) is 36.4 Å². The van der Waals surface area contributed by atoms with Crippen LogP contribution in [0.5, 0.6) is 23.0 Å². The molecule has 2 heterocycles. The van der Waals surface area contributed by atoms with Crippen molar-refractivity contribution in [2.45, 2.75) is 18.8 Å². The van der Waals surface area contributed by atoms with Gasteiger partial charge in [-0.1, -0.05) is 48.5 Å². The van der Waals surface area contributed by atoms with E-state index in [1.54, 1.807) is 31.4 Å². The van der Waals surface area contributed by atoms with Gasteiger partial charge in [0.15, 0.2) is 11.5 Å². The molecule has 7 nitrogen and oxygen atoms in total. The Morgan fingerprint density at radius 1 is 0.925 bits per heavy atom. The summed E-state index contributed by atoms with van der Waals surface area (Å²) in [7, 11) is 1.57. The molecule has 0 saturated carbocycles. The number of fused-ring (bicyclic) bond motifs is 3. The fourth-order valence-electron chi connectivity index (χ4n) is 5.12. The summed E-state index contributed by atoms with van der Waals surface area (Å²) < 4.78 is 23.3. The van der Waals surface area contributed by atoms with E-state index in [2.05, 4.69) is 12.1 Å². The third kappa shape index (κ3) is 4.78. The summed E-state index contributed by atoms with van der Waals surface area (Å²) in [6.07, 6.45) is 2.24. The van der Waals surface area contributed by atoms with Crippen LogP contribution in [-0.2, 0) is 11.2 Å². The van der Waals surface area contributed by atoms with Crippen molar-refractivity contribution in [3.63, 3.8) is 0 Å². The molecule has 1 aliphatic rings. The average Bonchev–Trinajstić information content (AvgIpc) is 2.98. The maximum absolute atomic E-state index is 13.5. The first-order valence-electron chi connectivity index (χ1n) is 12.9. The van der Waals surface area contributed by atoms with Gasteiger partial charge in [-0.25, -0.2) is 0 Å². The van der Waals surface area contributed by atoms with Crippen molar-refractivity contribution in [3.05, 3.63) is 118 Å². The molecule has 0 fully saturated rings. The van der Waals surface area contributed by atoms with E-state index in [4.69, 9.17) is 18.6 Å². The number of esters is 1. The van der Waals surface area contributed by atoms with E-state index in [1.165, 1.54) is 24.0 Å². The van der Waals surface area contributed by atoms with E-state index in [0.29, 0.717) is 51.5 Å². The maximum Gasteiger partial charge on any atom is 0.312 e. The Morgan fingerprint density at radius 3 is 2.50 bits per heavy atom. The van der Waals surface area contributed by atoms with Crippen LogP contribution >= 0.6 is 0 Å². The normalized spacial score (nSPS) is 14.4. The van der Waals surface area contributed by atoms with Crippen molar-refractivity contribution < 1.29 is 28.5 Å². The van der Waals surface area contributed by atoms with Crippen LogP contribution in [-0.4, -0.2) is 24.8 Å². The van der Waals surface area contributed by atoms with Crippen LogP contribution in [0, 0.1) is 0 Å². The smallest absolute Gasteiger partial charge is 0.312 e. The van der Waals surface area contributed by atoms with Crippen LogP contribution < -0.4 is 19.6 Å². The van der Waals surface area contributed by atoms with Gasteiger partial charge in [0.1, 0.15) is 23.3 Å². The van der Waals surface area contributed by atoms with E-state index < -0.39 is 5.92 Å². The molecular formula is C33H26O7. The molecule has 1 N–H and O–H groups in total. The number of carbonyl (C=O) groups excluding carboxylic acids is 1. The Hall–Kier alpha value is -5.04. The van der Waals surface area contributed by atoms with E-state index in [9.17, 15) is 14.7 Å². The van der Waals surface area contributed by atoms with Gasteiger partial charge in [0, 0.05) is 17.9 Å². The maximum atomic E-state index is 13.5. The molecular weight excluding hydrogens is 508 g/mol. The number of benzene rings is 4. The third-order valence-corrected chi connectivity index (χ3v) is 7.14. The number of rotatable bonds is 7. The standard InChI is InChI=1S/C33H26O7/c1-37-29-17-22(9-13-27(29)38-16-15-20-5-3-2-4-6-20)25-18-30(35)40-28-14-12-24-32(36)26(19-39-33(24)31(25)28)21-7-10-23(34)11-8-21/h2-14,17,19,25,34H,15-16,18H2,1H3/t25-/m1/s1. The lowest BCUT2D eigenvalue weighted by Gasteiger charge is -2.26. The lowest BCUT2D eigenvalue weighted by atomic mass is 9.85. The van der Waals surface area contributed by atoms with Gasteiger partial charge in [0.25, 0.3) is 0 Å². The molecule has 1 atom stereocenters. The van der Waals surface area contributed by atoms with Crippen molar-refractivity contribution in [3.8, 4) is 34.1 Å². The highest BCUT2D eigenvalue weighted by atomic mass is 16.5. The third-order valence-electron chi connectivity index (χ3n) is 7.14. The topological polar surface area (TPSA) is 95.2 Å². The number of ether oxygens (including phenoxy) is 3. The Morgan fingerprint density at radius 2 is 1.73 bits per heavy atom. The number of phenols is 1. The molecule has 0 bridgehead atoms. The highest BCUT2D eigenvalue weighted by Crippen LogP contribution is 2.44. The van der Waals surface area contributed by atoms with Gasteiger partial charge < -0.3 is 23.7 Å². The van der Waals surface area contributed by atoms with Gasteiger partial charge in [-0.15, -0.1) is 0 Å². The van der Waals surface area contributed by atoms with Crippen molar-refractivity contribution in [1.29, 1.82) is 0 Å². The molecule has 40 heavy (non-hydrogen) atoms. The van der Waals surface area contributed by atoms with Crippen LogP contribution in [0.2, 0.25) is 0 Å². The zero-order valence-electron chi connectivity index (χ0n) is 21.8. The minimum Gasteiger partial charge on any atom is -0.508 e. The molecule has 1 aromatic heterocycles. The van der Waals surface area contributed by atoms with Crippen LogP contribution in [0.3, 0.4) is 0 Å². The quantitative estimate of drug-likeness (QED) is 0.195. The first-order valence-corrected chi connectivity index (χ1v) is 12.9. The molecule has 0 aliphatic carbocycles. The minimum absolute atomic E-state index is 0.0763. The highest BCUT2D eigenvalue weighted by Gasteiger charge is 2.32. The van der Waals surface area contributed by atoms with Gasteiger partial charge in [-0.05, 0) is 53.1 Å². The summed E-state index contributed by atoms with van der Waals surface area (Å²) in [6.45, 7) is 0.484. The number of hydrogen-bond acceptors (Lipinski definition) is 7. The first-order chi connectivity index (χ1) is 19.5. The lowest BCUT2D eigenvalue weighted by molar-refractivity contribution is -0.135. The molecule has 0 radical (unpaired) electrons. The summed E-state index contributed by atoms with van der Waals surface area (Å²) in [6, 6.07) is 25.3. The first kappa shape index (κ1) is 25.2. The monoisotopic (exact) mass is 534 g/mol. The number of aromatic hydroxyl groups is 1. The molecule has 0 amide bonds. The Bertz CT molecular complexity index is 1750. The summed E-state index contributed by atoms with van der Waals surface area (Å²) in [5, 5.41) is 10.00. The second-order valence-electron chi connectivity index (χ2n) is 9.60. The molecule has 0 spiro atoms. The zero-order chi connectivity index (χ0) is 27.6. The summed E-state index contributed by atoms with van der Waals surface area (Å²) in [5.41, 5.74) is 3.76. The Labute approximate surface area is 230 Å². The molecule has 7 heteroatoms. The summed E-state index contributed by atoms with van der Waals surface area (Å²) in [5.74, 6) is 0.815. The van der Waals surface area contributed by atoms with E-state index in [-0.39, 0.29) is 23.6 Å². The molecule has 6 rings (SSSR count). The summed E-state index contributed by atoms with van der Waals surface area (Å²) in [4.78, 5) is 26.1. The molecule has 4 aromatic carbocycles. The van der Waals surface area contributed by atoms with Crippen molar-refractivity contribution in [1.82, 2.24) is 0 Å². The van der Waals surface area contributed by atoms with Crippen LogP contribution in [0.15, 0.2) is 100 Å². The largest absolute Gasteiger partial charge is 0.508 e. The number of carbonyl (C=O) groups is 1. The lowest BCUT2D eigenvalue weighted by Crippen LogP contribution is -2.22. The number of methoxy groups -OCH3 is 1. The summed E-state index contributed by atoms with van der Waals surface area (Å²) >= 11 is 0. The van der Waals surface area contributed by atoms with Crippen molar-refractivity contribution in [2.75, 3.05) is 13.7 Å².